The summed E-state index contributed by atoms with van der Waals surface area (Å²) in [5.74, 6) is 4.54. The van der Waals surface area contributed by atoms with E-state index in [1.807, 2.05) is 0 Å². The number of hydrogen-bond donors (Lipinski definition) is 1. The average molecular weight is 142 g/mol. The molecule has 0 saturated heterocycles. The second kappa shape index (κ2) is 4.83. The standard InChI is InChI=1S/C7H10O3/c1-6(8)4-3-5-10-7(2)9/h6,8H,5H2,1-2H3/t6-/m1/s1. The summed E-state index contributed by atoms with van der Waals surface area (Å²) in [4.78, 5) is 10.1. The summed E-state index contributed by atoms with van der Waals surface area (Å²) in [6.07, 6.45) is -0.657. The molecule has 0 aliphatic carbocycles. The predicted octanol–water partition coefficient (Wildman–Crippen LogP) is -0.0663. The van der Waals surface area contributed by atoms with Gasteiger partial charge in [-0.15, -0.1) is 0 Å². The lowest BCUT2D eigenvalue weighted by Gasteiger charge is -1.91. The summed E-state index contributed by atoms with van der Waals surface area (Å²) in [5, 5.41) is 8.60. The monoisotopic (exact) mass is 142 g/mol. The predicted molar refractivity (Wildman–Crippen MR) is 36.1 cm³/mol. The van der Waals surface area contributed by atoms with Crippen LogP contribution in [0.25, 0.3) is 0 Å². The molecule has 0 saturated carbocycles. The molecule has 0 heterocycles. The Kier molecular flexibility index (Phi) is 4.34. The second-order valence-corrected chi connectivity index (χ2v) is 1.78. The molecule has 1 N–H and O–H groups in total. The first-order valence-electron chi connectivity index (χ1n) is 2.92. The molecule has 0 spiro atoms. The van der Waals surface area contributed by atoms with Gasteiger partial charge >= 0.3 is 5.97 Å². The molecule has 0 amide bonds. The van der Waals surface area contributed by atoms with Crippen LogP contribution >= 0.6 is 0 Å². The van der Waals surface area contributed by atoms with Crippen molar-refractivity contribution >= 4 is 5.97 Å². The van der Waals surface area contributed by atoms with E-state index in [4.69, 9.17) is 5.11 Å². The lowest BCUT2D eigenvalue weighted by Crippen LogP contribution is -1.99. The summed E-state index contributed by atoms with van der Waals surface area (Å²) in [7, 11) is 0. The maximum Gasteiger partial charge on any atom is 0.303 e. The van der Waals surface area contributed by atoms with Crippen LogP contribution in [0.2, 0.25) is 0 Å². The maximum atomic E-state index is 10.1. The minimum absolute atomic E-state index is 0.0558. The van der Waals surface area contributed by atoms with E-state index in [2.05, 4.69) is 16.6 Å². The minimum Gasteiger partial charge on any atom is -0.453 e. The zero-order valence-electron chi connectivity index (χ0n) is 6.05. The molecular formula is C7H10O3. The van der Waals surface area contributed by atoms with Crippen LogP contribution in [-0.2, 0) is 9.53 Å². The largest absolute Gasteiger partial charge is 0.453 e. The van der Waals surface area contributed by atoms with Gasteiger partial charge in [0.25, 0.3) is 0 Å². The maximum absolute atomic E-state index is 10.1. The average Bonchev–Trinajstić information content (AvgIpc) is 1.79. The molecule has 0 aromatic carbocycles. The van der Waals surface area contributed by atoms with Crippen LogP contribution < -0.4 is 0 Å². The Morgan fingerprint density at radius 1 is 1.80 bits per heavy atom. The molecule has 0 unspecified atom stereocenters. The van der Waals surface area contributed by atoms with E-state index < -0.39 is 6.10 Å². The van der Waals surface area contributed by atoms with Gasteiger partial charge in [-0.25, -0.2) is 0 Å². The number of esters is 1. The van der Waals surface area contributed by atoms with Gasteiger partial charge in [0, 0.05) is 6.92 Å². The van der Waals surface area contributed by atoms with Crippen LogP contribution in [0.5, 0.6) is 0 Å². The Bertz CT molecular complexity index is 161. The minimum atomic E-state index is -0.657. The third-order valence-corrected chi connectivity index (χ3v) is 0.659. The molecule has 1 atom stereocenters. The lowest BCUT2D eigenvalue weighted by molar-refractivity contribution is -0.139. The van der Waals surface area contributed by atoms with Crippen molar-refractivity contribution in [2.45, 2.75) is 20.0 Å². The third kappa shape index (κ3) is 6.99. The van der Waals surface area contributed by atoms with Crippen LogP contribution in [0, 0.1) is 11.8 Å². The lowest BCUT2D eigenvalue weighted by atomic mass is 10.4. The third-order valence-electron chi connectivity index (χ3n) is 0.659. The molecule has 0 aromatic heterocycles. The molecule has 3 nitrogen and oxygen atoms in total. The van der Waals surface area contributed by atoms with Crippen LogP contribution in [0.4, 0.5) is 0 Å². The summed E-state index contributed by atoms with van der Waals surface area (Å²) < 4.78 is 4.47. The second-order valence-electron chi connectivity index (χ2n) is 1.78. The highest BCUT2D eigenvalue weighted by Crippen LogP contribution is 1.75. The Balaban J connectivity index is 3.38. The highest BCUT2D eigenvalue weighted by atomic mass is 16.5. The fourth-order valence-corrected chi connectivity index (χ4v) is 0.327. The van der Waals surface area contributed by atoms with E-state index in [1.54, 1.807) is 6.92 Å². The summed E-state index contributed by atoms with van der Waals surface area (Å²) in [6.45, 7) is 2.91. The zero-order valence-corrected chi connectivity index (χ0v) is 6.05. The zero-order chi connectivity index (χ0) is 7.98. The van der Waals surface area contributed by atoms with Gasteiger partial charge in [-0.2, -0.15) is 0 Å². The molecule has 0 bridgehead atoms. The molecular weight excluding hydrogens is 132 g/mol. The van der Waals surface area contributed by atoms with Crippen molar-refractivity contribution in [2.75, 3.05) is 6.61 Å². The van der Waals surface area contributed by atoms with E-state index in [-0.39, 0.29) is 12.6 Å². The van der Waals surface area contributed by atoms with Crippen molar-refractivity contribution < 1.29 is 14.6 Å². The summed E-state index contributed by atoms with van der Waals surface area (Å²) in [5.41, 5.74) is 0. The van der Waals surface area contributed by atoms with Crippen LogP contribution in [-0.4, -0.2) is 23.8 Å². The first-order chi connectivity index (χ1) is 4.63. The highest BCUT2D eigenvalue weighted by molar-refractivity contribution is 5.66. The number of aliphatic hydroxyl groups is 1. The highest BCUT2D eigenvalue weighted by Gasteiger charge is 1.86. The van der Waals surface area contributed by atoms with Crippen molar-refractivity contribution in [3.05, 3.63) is 0 Å². The number of aliphatic hydroxyl groups excluding tert-OH is 1. The number of carbonyl (C=O) groups excluding carboxylic acids is 1. The van der Waals surface area contributed by atoms with Crippen molar-refractivity contribution in [3.63, 3.8) is 0 Å². The van der Waals surface area contributed by atoms with Gasteiger partial charge in [0.1, 0.15) is 6.10 Å². The van der Waals surface area contributed by atoms with Crippen LogP contribution in [0.1, 0.15) is 13.8 Å². The van der Waals surface area contributed by atoms with Gasteiger partial charge in [0.15, 0.2) is 6.61 Å². The van der Waals surface area contributed by atoms with Crippen LogP contribution in [0.15, 0.2) is 0 Å². The van der Waals surface area contributed by atoms with Gasteiger partial charge in [-0.05, 0) is 6.92 Å². The molecule has 3 heteroatoms. The smallest absolute Gasteiger partial charge is 0.303 e. The van der Waals surface area contributed by atoms with Crippen molar-refractivity contribution in [1.82, 2.24) is 0 Å². The van der Waals surface area contributed by atoms with Gasteiger partial charge in [-0.3, -0.25) is 4.79 Å². The van der Waals surface area contributed by atoms with E-state index in [0.717, 1.165) is 0 Å². The first kappa shape index (κ1) is 8.99. The van der Waals surface area contributed by atoms with E-state index in [1.165, 1.54) is 6.92 Å². The normalized spacial score (nSPS) is 11.1. The van der Waals surface area contributed by atoms with E-state index in [0.29, 0.717) is 0 Å². The van der Waals surface area contributed by atoms with Gasteiger partial charge in [-0.1, -0.05) is 11.8 Å². The molecule has 0 fully saturated rings. The Hall–Kier alpha value is -1.01. The van der Waals surface area contributed by atoms with E-state index >= 15 is 0 Å². The van der Waals surface area contributed by atoms with Crippen molar-refractivity contribution in [3.8, 4) is 11.8 Å². The topological polar surface area (TPSA) is 46.5 Å². The van der Waals surface area contributed by atoms with Gasteiger partial charge in [0.05, 0.1) is 0 Å². The molecule has 0 aliphatic rings. The van der Waals surface area contributed by atoms with Crippen molar-refractivity contribution in [2.24, 2.45) is 0 Å². The van der Waals surface area contributed by atoms with Crippen LogP contribution in [0.3, 0.4) is 0 Å². The number of ether oxygens (including phenoxy) is 1. The molecule has 10 heavy (non-hydrogen) atoms. The Morgan fingerprint density at radius 3 is 2.80 bits per heavy atom. The molecule has 0 aromatic rings. The Morgan fingerprint density at radius 2 is 2.40 bits per heavy atom. The number of rotatable bonds is 1. The SMILES string of the molecule is CC(=O)OCC#C[C@@H](C)O. The first-order valence-corrected chi connectivity index (χ1v) is 2.92. The van der Waals surface area contributed by atoms with Crippen molar-refractivity contribution in [1.29, 1.82) is 0 Å². The Labute approximate surface area is 60.0 Å². The quantitative estimate of drug-likeness (QED) is 0.412. The fourth-order valence-electron chi connectivity index (χ4n) is 0.327. The van der Waals surface area contributed by atoms with Gasteiger partial charge < -0.3 is 9.84 Å². The molecule has 0 radical (unpaired) electrons. The number of hydrogen-bond acceptors (Lipinski definition) is 3. The fraction of sp³-hybridized carbons (Fsp3) is 0.571. The summed E-state index contributed by atoms with van der Waals surface area (Å²) in [6, 6.07) is 0. The number of carbonyl (C=O) groups is 1. The molecule has 56 valence electrons. The van der Waals surface area contributed by atoms with Gasteiger partial charge in [0.2, 0.25) is 0 Å². The molecule has 0 aliphatic heterocycles. The molecule has 0 rings (SSSR count). The summed E-state index contributed by atoms with van der Waals surface area (Å²) >= 11 is 0. The van der Waals surface area contributed by atoms with E-state index in [9.17, 15) is 4.79 Å².